The Kier molecular flexibility index (Phi) is 8.16. The standard InChI is InChI=1S/C30H24N2O9/c33-23-16-17-32(30(37)31-23)26-25(41-29(36)21-14-8-3-9-15-21)24(40-28(35)20-12-6-2-7-13-20)22(39-26)18-38-27(34)19-10-4-1-5-11-19/h1-17,22,24-26H,18H2,(H,31,33,37)/t22-,24-,25-,26-/m1/s1/i30+1,31+1,32+1. The molecule has 0 radical (unpaired) electrons. The van der Waals surface area contributed by atoms with Gasteiger partial charge in [-0.05, 0) is 36.4 Å². The molecule has 1 N–H and O–H groups in total. The zero-order chi connectivity index (χ0) is 28.8. The maximum atomic E-state index is 13.1. The van der Waals surface area contributed by atoms with Gasteiger partial charge in [-0.3, -0.25) is 14.3 Å². The van der Waals surface area contributed by atoms with Gasteiger partial charge >= 0.3 is 23.6 Å². The van der Waals surface area contributed by atoms with E-state index in [1.165, 1.54) is 30.5 Å². The lowest BCUT2D eigenvalue weighted by molar-refractivity contribution is -0.0640. The highest BCUT2D eigenvalue weighted by Gasteiger charge is 2.51. The number of esters is 3. The number of hydrogen-bond donors (Lipinski definition) is 1. The lowest BCUT2D eigenvalue weighted by atomic mass is 10.1. The average Bonchev–Trinajstić information content (AvgIpc) is 3.33. The first-order chi connectivity index (χ1) is 19.9. The Balaban J connectivity index is 1.50. The Morgan fingerprint density at radius 3 is 1.68 bits per heavy atom. The van der Waals surface area contributed by atoms with E-state index in [1.54, 1.807) is 66.7 Å². The van der Waals surface area contributed by atoms with Crippen LogP contribution >= 0.6 is 0 Å². The summed E-state index contributed by atoms with van der Waals surface area (Å²) < 4.78 is 24.1. The fourth-order valence-corrected chi connectivity index (χ4v) is 4.31. The number of aromatic amines is 1. The maximum absolute atomic E-state index is 13.1. The van der Waals surface area contributed by atoms with Gasteiger partial charge in [0.2, 0.25) is 0 Å². The van der Waals surface area contributed by atoms with Crippen molar-refractivity contribution in [3.8, 4) is 0 Å². The molecule has 3 aromatic carbocycles. The summed E-state index contributed by atoms with van der Waals surface area (Å²) in [6.45, 7) is -0.408. The summed E-state index contributed by atoms with van der Waals surface area (Å²) in [7, 11) is 0. The second-order valence-corrected chi connectivity index (χ2v) is 9.02. The van der Waals surface area contributed by atoms with Crippen molar-refractivity contribution < 1.29 is 33.3 Å². The smallest absolute Gasteiger partial charge is 0.338 e. The Morgan fingerprint density at radius 1 is 0.683 bits per heavy atom. The molecule has 1 saturated heterocycles. The zero-order valence-electron chi connectivity index (χ0n) is 21.5. The third-order valence-electron chi connectivity index (χ3n) is 6.30. The molecular weight excluding hydrogens is 535 g/mol. The van der Waals surface area contributed by atoms with Crippen LogP contribution < -0.4 is 11.2 Å². The van der Waals surface area contributed by atoms with Crippen molar-refractivity contribution in [2.45, 2.75) is 24.5 Å². The number of benzene rings is 3. The molecule has 4 aromatic rings. The topological polar surface area (TPSA) is 143 Å². The van der Waals surface area contributed by atoms with Crippen LogP contribution in [0.15, 0.2) is 113 Å². The molecular formula is C30H24N2O9. The van der Waals surface area contributed by atoms with Crippen molar-refractivity contribution in [3.05, 3.63) is 141 Å². The van der Waals surface area contributed by atoms with E-state index in [0.717, 1.165) is 10.6 Å². The third kappa shape index (κ3) is 6.31. The lowest BCUT2D eigenvalue weighted by Crippen LogP contribution is -2.43. The minimum absolute atomic E-state index is 0.201. The molecule has 1 fully saturated rings. The molecule has 1 aliphatic rings. The monoisotopic (exact) mass is 559 g/mol. The van der Waals surface area contributed by atoms with Gasteiger partial charge < -0.3 is 18.9 Å². The summed E-state index contributed by atoms with van der Waals surface area (Å²) in [5.74, 6) is -2.19. The van der Waals surface area contributed by atoms with Crippen LogP contribution in [0.2, 0.25) is 0 Å². The summed E-state index contributed by atoms with van der Waals surface area (Å²) in [4.78, 5) is 65.5. The van der Waals surface area contributed by atoms with Crippen LogP contribution in [0.3, 0.4) is 0 Å². The molecule has 0 unspecified atom stereocenters. The van der Waals surface area contributed by atoms with Crippen molar-refractivity contribution in [2.24, 2.45) is 0 Å². The number of carbonyl (C=O) groups excluding carboxylic acids is 3. The first-order valence-corrected chi connectivity index (χ1v) is 12.6. The Morgan fingerprint density at radius 2 is 1.17 bits per heavy atom. The van der Waals surface area contributed by atoms with Crippen LogP contribution in [0.4, 0.5) is 0 Å². The number of nitrogens with zero attached hydrogens (tertiary/aromatic N) is 1. The highest BCUT2D eigenvalue weighted by molar-refractivity contribution is 5.91. The van der Waals surface area contributed by atoms with E-state index in [9.17, 15) is 24.0 Å². The van der Waals surface area contributed by atoms with Crippen molar-refractivity contribution in [1.29, 1.82) is 0 Å². The molecule has 4 atom stereocenters. The summed E-state index contributed by atoms with van der Waals surface area (Å²) in [5.41, 5.74) is -0.804. The summed E-state index contributed by atoms with van der Waals surface area (Å²) in [5, 5.41) is 0. The molecule has 41 heavy (non-hydrogen) atoms. The zero-order valence-corrected chi connectivity index (χ0v) is 21.5. The molecule has 11 nitrogen and oxygen atoms in total. The van der Waals surface area contributed by atoms with Crippen LogP contribution in [0, 0.1) is 0 Å². The SMILES string of the molecule is O=C(OC[C@H]1O[C@@H]([15n]2ccc(=O)[15nH][13c]2=O)[C@H](OC(=O)c2ccccc2)[C@@H]1OC(=O)c1ccccc1)c1ccccc1. The van der Waals surface area contributed by atoms with Gasteiger partial charge in [-0.25, -0.2) is 19.2 Å². The molecule has 1 aromatic heterocycles. The highest BCUT2D eigenvalue weighted by Crippen LogP contribution is 2.34. The fraction of sp³-hybridized carbons (Fsp3) is 0.167. The largest absolute Gasteiger partial charge is 0.459 e. The van der Waals surface area contributed by atoms with Crippen LogP contribution in [-0.4, -0.2) is 52.4 Å². The van der Waals surface area contributed by atoms with E-state index < -0.39 is 60.3 Å². The molecule has 208 valence electrons. The Bertz CT molecular complexity index is 1640. The van der Waals surface area contributed by atoms with Gasteiger partial charge in [-0.2, -0.15) is 0 Å². The quantitative estimate of drug-likeness (QED) is 0.255. The van der Waals surface area contributed by atoms with Gasteiger partial charge in [0.15, 0.2) is 18.4 Å². The van der Waals surface area contributed by atoms with Crippen molar-refractivity contribution in [3.63, 3.8) is 0 Å². The predicted octanol–water partition coefficient (Wildman–Crippen LogP) is 2.74. The van der Waals surface area contributed by atoms with Crippen LogP contribution in [-0.2, 0) is 18.9 Å². The first kappa shape index (κ1) is 27.3. The van der Waals surface area contributed by atoms with E-state index in [2.05, 4.69) is 4.98 Å². The lowest BCUT2D eigenvalue weighted by Gasteiger charge is -2.25. The van der Waals surface area contributed by atoms with E-state index in [0.29, 0.717) is 0 Å². The van der Waals surface area contributed by atoms with Crippen molar-refractivity contribution >= 4 is 17.9 Å². The number of rotatable bonds is 8. The Hall–Kier alpha value is -5.29. The van der Waals surface area contributed by atoms with Gasteiger partial charge in [0.1, 0.15) is 12.7 Å². The van der Waals surface area contributed by atoms with Crippen LogP contribution in [0.1, 0.15) is 37.3 Å². The highest BCUT2D eigenvalue weighted by atomic mass is 16.7. The predicted molar refractivity (Wildman–Crippen MR) is 143 cm³/mol. The fourth-order valence-electron chi connectivity index (χ4n) is 4.31. The molecule has 0 aliphatic carbocycles. The molecule has 0 spiro atoms. The summed E-state index contributed by atoms with van der Waals surface area (Å²) >= 11 is 0. The third-order valence-corrected chi connectivity index (χ3v) is 6.30. The Labute approximate surface area is 232 Å². The maximum Gasteiger partial charge on any atom is 0.338 e. The van der Waals surface area contributed by atoms with Crippen molar-refractivity contribution in [2.75, 3.05) is 6.61 Å². The van der Waals surface area contributed by atoms with Gasteiger partial charge in [0, 0.05) is 12.3 Å². The minimum Gasteiger partial charge on any atom is -0.459 e. The number of carbonyl (C=O) groups is 3. The molecule has 0 saturated carbocycles. The molecule has 2 heterocycles. The molecule has 5 rings (SSSR count). The van der Waals surface area contributed by atoms with Crippen LogP contribution in [0.25, 0.3) is 0 Å². The van der Waals surface area contributed by atoms with E-state index >= 15 is 0 Å². The average molecular weight is 560 g/mol. The van der Waals surface area contributed by atoms with Gasteiger partial charge in [0.05, 0.1) is 16.7 Å². The first-order valence-electron chi connectivity index (χ1n) is 12.6. The minimum atomic E-state index is -1.38. The van der Waals surface area contributed by atoms with E-state index in [-0.39, 0.29) is 16.7 Å². The second-order valence-electron chi connectivity index (χ2n) is 9.02. The second kappa shape index (κ2) is 12.3. The molecule has 0 amide bonds. The van der Waals surface area contributed by atoms with Crippen LogP contribution in [0.5, 0.6) is 0 Å². The van der Waals surface area contributed by atoms with E-state index in [4.69, 9.17) is 18.9 Å². The van der Waals surface area contributed by atoms with Gasteiger partial charge in [0.25, 0.3) is 5.56 Å². The molecule has 1 aliphatic heterocycles. The summed E-state index contributed by atoms with van der Waals surface area (Å²) in [6, 6.07) is 25.5. The van der Waals surface area contributed by atoms with E-state index in [1.807, 2.05) is 0 Å². The molecule has 11 heteroatoms. The number of H-pyrrole nitrogens is 1. The van der Waals surface area contributed by atoms with Gasteiger partial charge in [-0.15, -0.1) is 0 Å². The van der Waals surface area contributed by atoms with Crippen molar-refractivity contribution in [1.82, 2.24) is 9.55 Å². The normalized spacial score (nSPS) is 19.7. The number of nitrogens with one attached hydrogen (secondary N) is 1. The summed E-state index contributed by atoms with van der Waals surface area (Å²) in [6.07, 6.45) is -4.03. The number of ether oxygens (including phenoxy) is 4. The number of aromatic nitrogens is 2. The van der Waals surface area contributed by atoms with Gasteiger partial charge in [-0.1, -0.05) is 54.6 Å². The molecule has 0 bridgehead atoms. The number of hydrogen-bond acceptors (Lipinski definition) is 9.